The first-order chi connectivity index (χ1) is 11.1. The molecule has 1 aliphatic rings. The number of nitrogen functional groups attached to an aromatic ring is 1. The first-order valence-corrected chi connectivity index (χ1v) is 8.77. The minimum Gasteiger partial charge on any atom is -0.335 e. The van der Waals surface area contributed by atoms with Gasteiger partial charge in [0.2, 0.25) is 17.0 Å². The summed E-state index contributed by atoms with van der Waals surface area (Å²) >= 11 is 4.62. The number of amides is 2. The number of likely N-dealkylation sites (tertiary alicyclic amines) is 1. The van der Waals surface area contributed by atoms with Crippen LogP contribution >= 0.6 is 27.7 Å². The summed E-state index contributed by atoms with van der Waals surface area (Å²) in [6.45, 7) is 0.496. The highest BCUT2D eigenvalue weighted by Gasteiger charge is 2.26. The van der Waals surface area contributed by atoms with Crippen LogP contribution in [-0.2, 0) is 9.59 Å². The summed E-state index contributed by atoms with van der Waals surface area (Å²) in [7, 11) is 0. The van der Waals surface area contributed by atoms with Crippen LogP contribution in [0.4, 0.5) is 0 Å². The molecule has 0 unspecified atom stereocenters. The first kappa shape index (κ1) is 16.0. The molecule has 2 aromatic rings. The third-order valence-corrected chi connectivity index (χ3v) is 5.10. The minimum absolute atomic E-state index is 0.108. The number of halogens is 1. The molecule has 0 aliphatic carbocycles. The van der Waals surface area contributed by atoms with E-state index in [1.807, 2.05) is 24.3 Å². The lowest BCUT2D eigenvalue weighted by molar-refractivity contribution is -0.140. The fraction of sp³-hybridized carbons (Fsp3) is 0.286. The van der Waals surface area contributed by atoms with Gasteiger partial charge in [-0.15, -0.1) is 10.2 Å². The van der Waals surface area contributed by atoms with Crippen LogP contribution in [0, 0.1) is 0 Å². The molecule has 0 spiro atoms. The highest BCUT2D eigenvalue weighted by Crippen LogP contribution is 2.28. The Kier molecular flexibility index (Phi) is 4.67. The monoisotopic (exact) mass is 395 g/mol. The quantitative estimate of drug-likeness (QED) is 0.624. The zero-order valence-electron chi connectivity index (χ0n) is 12.1. The maximum absolute atomic E-state index is 12.0. The highest BCUT2D eigenvalue weighted by molar-refractivity contribution is 9.10. The van der Waals surface area contributed by atoms with E-state index in [2.05, 4.69) is 26.1 Å². The van der Waals surface area contributed by atoms with Crippen molar-refractivity contribution in [3.8, 4) is 11.4 Å². The van der Waals surface area contributed by atoms with E-state index in [0.717, 1.165) is 16.5 Å². The molecule has 2 N–H and O–H groups in total. The average molecular weight is 396 g/mol. The molecule has 1 aliphatic heterocycles. The Bertz CT molecular complexity index is 763. The standard InChI is InChI=1S/C14H14BrN5O2S/c15-10-5-2-1-4-9(10)13-17-18-14(20(13)16)23-8-12(22)19-7-3-6-11(19)21/h1-2,4-5H,3,6-8,16H2. The van der Waals surface area contributed by atoms with Gasteiger partial charge in [-0.3, -0.25) is 14.5 Å². The van der Waals surface area contributed by atoms with Crippen LogP contribution in [0.1, 0.15) is 12.8 Å². The van der Waals surface area contributed by atoms with Crippen LogP contribution in [0.5, 0.6) is 0 Å². The number of aromatic nitrogens is 3. The molecule has 7 nitrogen and oxygen atoms in total. The Morgan fingerprint density at radius 2 is 2.13 bits per heavy atom. The number of nitrogens with two attached hydrogens (primary N) is 1. The van der Waals surface area contributed by atoms with Crippen molar-refractivity contribution >= 4 is 39.5 Å². The fourth-order valence-electron chi connectivity index (χ4n) is 2.32. The van der Waals surface area contributed by atoms with Gasteiger partial charge in [0.05, 0.1) is 5.75 Å². The molecular formula is C14H14BrN5O2S. The Labute approximate surface area is 145 Å². The number of carbonyl (C=O) groups is 2. The predicted molar refractivity (Wildman–Crippen MR) is 90.0 cm³/mol. The molecule has 0 saturated carbocycles. The fourth-order valence-corrected chi connectivity index (χ4v) is 3.51. The van der Waals surface area contributed by atoms with Crippen molar-refractivity contribution in [1.29, 1.82) is 0 Å². The number of thioether (sulfide) groups is 1. The van der Waals surface area contributed by atoms with Gasteiger partial charge in [-0.2, -0.15) is 0 Å². The van der Waals surface area contributed by atoms with Gasteiger partial charge in [0, 0.05) is 23.0 Å². The number of benzene rings is 1. The highest BCUT2D eigenvalue weighted by atomic mass is 79.9. The van der Waals surface area contributed by atoms with Crippen LogP contribution in [0.15, 0.2) is 33.9 Å². The number of carbonyl (C=O) groups excluding carboxylic acids is 2. The van der Waals surface area contributed by atoms with Crippen LogP contribution < -0.4 is 5.84 Å². The van der Waals surface area contributed by atoms with Crippen LogP contribution in [0.25, 0.3) is 11.4 Å². The third-order valence-electron chi connectivity index (χ3n) is 3.48. The van der Waals surface area contributed by atoms with Crippen molar-refractivity contribution in [3.05, 3.63) is 28.7 Å². The zero-order valence-corrected chi connectivity index (χ0v) is 14.5. The lowest BCUT2D eigenvalue weighted by Gasteiger charge is -2.12. The van der Waals surface area contributed by atoms with E-state index < -0.39 is 0 Å². The second-order valence-corrected chi connectivity index (χ2v) is 6.78. The Morgan fingerprint density at radius 3 is 2.83 bits per heavy atom. The maximum atomic E-state index is 12.0. The number of hydrogen-bond acceptors (Lipinski definition) is 6. The lowest BCUT2D eigenvalue weighted by atomic mass is 10.2. The van der Waals surface area contributed by atoms with Crippen molar-refractivity contribution in [2.75, 3.05) is 18.1 Å². The maximum Gasteiger partial charge on any atom is 0.239 e. The third kappa shape index (κ3) is 3.25. The van der Waals surface area contributed by atoms with E-state index in [0.29, 0.717) is 23.9 Å². The number of rotatable bonds is 4. The first-order valence-electron chi connectivity index (χ1n) is 6.99. The van der Waals surface area contributed by atoms with Gasteiger partial charge < -0.3 is 5.84 Å². The summed E-state index contributed by atoms with van der Waals surface area (Å²) in [6.07, 6.45) is 1.17. The van der Waals surface area contributed by atoms with Crippen molar-refractivity contribution in [1.82, 2.24) is 19.8 Å². The zero-order chi connectivity index (χ0) is 16.4. The topological polar surface area (TPSA) is 94.1 Å². The van der Waals surface area contributed by atoms with E-state index in [1.54, 1.807) is 0 Å². The molecular weight excluding hydrogens is 382 g/mol. The van der Waals surface area contributed by atoms with Crippen LogP contribution in [0.2, 0.25) is 0 Å². The van der Waals surface area contributed by atoms with Crippen molar-refractivity contribution in [3.63, 3.8) is 0 Å². The van der Waals surface area contributed by atoms with E-state index in [1.165, 1.54) is 21.3 Å². The lowest BCUT2D eigenvalue weighted by Crippen LogP contribution is -2.33. The number of nitrogens with zero attached hydrogens (tertiary/aromatic N) is 4. The van der Waals surface area contributed by atoms with Gasteiger partial charge in [0.15, 0.2) is 5.82 Å². The summed E-state index contributed by atoms with van der Waals surface area (Å²) < 4.78 is 2.21. The summed E-state index contributed by atoms with van der Waals surface area (Å²) in [5.41, 5.74) is 0.815. The molecule has 1 saturated heterocycles. The molecule has 0 bridgehead atoms. The number of imide groups is 1. The molecule has 2 amide bonds. The second-order valence-electron chi connectivity index (χ2n) is 4.99. The molecule has 1 aromatic carbocycles. The molecule has 1 fully saturated rings. The molecule has 1 aromatic heterocycles. The molecule has 0 atom stereocenters. The second kappa shape index (κ2) is 6.71. The van der Waals surface area contributed by atoms with Crippen LogP contribution in [0.3, 0.4) is 0 Å². The minimum atomic E-state index is -0.219. The summed E-state index contributed by atoms with van der Waals surface area (Å²) in [4.78, 5) is 24.9. The SMILES string of the molecule is Nn1c(SCC(=O)N2CCCC2=O)nnc1-c1ccccc1Br. The predicted octanol–water partition coefficient (Wildman–Crippen LogP) is 1.66. The largest absolute Gasteiger partial charge is 0.335 e. The van der Waals surface area contributed by atoms with Gasteiger partial charge in [0.25, 0.3) is 0 Å². The molecule has 23 heavy (non-hydrogen) atoms. The Morgan fingerprint density at radius 1 is 1.35 bits per heavy atom. The van der Waals surface area contributed by atoms with Crippen molar-refractivity contribution < 1.29 is 9.59 Å². The summed E-state index contributed by atoms with van der Waals surface area (Å²) in [5.74, 6) is 6.31. The Hall–Kier alpha value is -1.87. The van der Waals surface area contributed by atoms with E-state index >= 15 is 0 Å². The number of hydrogen-bond donors (Lipinski definition) is 1. The van der Waals surface area contributed by atoms with E-state index in [9.17, 15) is 9.59 Å². The van der Waals surface area contributed by atoms with Crippen LogP contribution in [-0.4, -0.2) is 43.9 Å². The summed E-state index contributed by atoms with van der Waals surface area (Å²) in [6, 6.07) is 7.54. The van der Waals surface area contributed by atoms with Crippen molar-refractivity contribution in [2.24, 2.45) is 0 Å². The Balaban J connectivity index is 1.72. The van der Waals surface area contributed by atoms with Gasteiger partial charge in [-0.25, -0.2) is 4.68 Å². The van der Waals surface area contributed by atoms with Gasteiger partial charge in [0.1, 0.15) is 0 Å². The van der Waals surface area contributed by atoms with E-state index in [4.69, 9.17) is 5.84 Å². The molecule has 3 rings (SSSR count). The van der Waals surface area contributed by atoms with Crippen molar-refractivity contribution in [2.45, 2.75) is 18.0 Å². The van der Waals surface area contributed by atoms with Gasteiger partial charge in [-0.05, 0) is 18.6 Å². The molecule has 120 valence electrons. The molecule has 0 radical (unpaired) electrons. The van der Waals surface area contributed by atoms with Gasteiger partial charge in [-0.1, -0.05) is 39.8 Å². The normalized spacial score (nSPS) is 14.5. The molecule has 2 heterocycles. The smallest absolute Gasteiger partial charge is 0.239 e. The molecule has 9 heteroatoms. The van der Waals surface area contributed by atoms with Gasteiger partial charge >= 0.3 is 0 Å². The van der Waals surface area contributed by atoms with E-state index in [-0.39, 0.29) is 17.6 Å². The average Bonchev–Trinajstić information content (AvgIpc) is 3.12. The summed E-state index contributed by atoms with van der Waals surface area (Å²) in [5, 5.41) is 8.53.